The first-order valence-corrected chi connectivity index (χ1v) is 37.5. The van der Waals surface area contributed by atoms with Crippen LogP contribution in [0.2, 0.25) is 0 Å². The van der Waals surface area contributed by atoms with Crippen molar-refractivity contribution in [3.05, 3.63) is 0 Å². The Hall–Kier alpha value is -1.59. The monoisotopic (exact) mass is 1140 g/mol. The van der Waals surface area contributed by atoms with Crippen LogP contribution in [0.1, 0.15) is 445 Å². The topological polar surface area (TPSA) is 78.9 Å². The summed E-state index contributed by atoms with van der Waals surface area (Å²) in [6.45, 7) is 6.72. The van der Waals surface area contributed by atoms with Gasteiger partial charge in [0.1, 0.15) is 13.2 Å². The van der Waals surface area contributed by atoms with Gasteiger partial charge in [-0.3, -0.25) is 14.4 Å². The van der Waals surface area contributed by atoms with Gasteiger partial charge in [0.05, 0.1) is 0 Å². The number of ether oxygens (including phenoxy) is 3. The fourth-order valence-corrected chi connectivity index (χ4v) is 12.0. The highest BCUT2D eigenvalue weighted by Gasteiger charge is 2.20. The number of rotatable bonds is 71. The zero-order valence-electron chi connectivity index (χ0n) is 55.6. The third kappa shape index (κ3) is 69.1. The molecule has 0 aliphatic heterocycles. The molecule has 0 aliphatic rings. The average Bonchev–Trinajstić information content (AvgIpc) is 3.47. The van der Waals surface area contributed by atoms with E-state index >= 15 is 0 Å². The summed E-state index contributed by atoms with van der Waals surface area (Å²) in [6, 6.07) is 0. The molecule has 1 unspecified atom stereocenters. The molecule has 0 aromatic rings. The second kappa shape index (κ2) is 70.9. The van der Waals surface area contributed by atoms with Gasteiger partial charge in [0, 0.05) is 19.3 Å². The molecule has 1 atom stereocenters. The van der Waals surface area contributed by atoms with Crippen molar-refractivity contribution in [3.8, 4) is 0 Å². The molecule has 0 rings (SSSR count). The smallest absolute Gasteiger partial charge is 0.306 e. The molecule has 6 heteroatoms. The second-order valence-corrected chi connectivity index (χ2v) is 25.9. The predicted molar refractivity (Wildman–Crippen MR) is 354 cm³/mol. The largest absolute Gasteiger partial charge is 0.462 e. The maximum absolute atomic E-state index is 12.9. The molecule has 0 bridgehead atoms. The molecule has 0 aliphatic carbocycles. The van der Waals surface area contributed by atoms with Crippen LogP contribution in [0.5, 0.6) is 0 Å². The molecule has 0 aromatic carbocycles. The number of carbonyl (C=O) groups is 3. The van der Waals surface area contributed by atoms with Gasteiger partial charge in [-0.05, 0) is 19.3 Å². The lowest BCUT2D eigenvalue weighted by Crippen LogP contribution is -2.30. The van der Waals surface area contributed by atoms with Gasteiger partial charge in [0.25, 0.3) is 0 Å². The molecule has 0 aromatic heterocycles. The van der Waals surface area contributed by atoms with Crippen LogP contribution in [0.4, 0.5) is 0 Å². The average molecular weight is 1140 g/mol. The second-order valence-electron chi connectivity index (χ2n) is 25.9. The van der Waals surface area contributed by atoms with Gasteiger partial charge in [-0.2, -0.15) is 0 Å². The van der Waals surface area contributed by atoms with Crippen LogP contribution in [-0.2, 0) is 28.6 Å². The van der Waals surface area contributed by atoms with Gasteiger partial charge in [0.15, 0.2) is 6.10 Å². The maximum Gasteiger partial charge on any atom is 0.306 e. The zero-order chi connectivity index (χ0) is 58.5. The summed E-state index contributed by atoms with van der Waals surface area (Å²) in [6.07, 6.45) is 84.7. The van der Waals surface area contributed by atoms with Gasteiger partial charge >= 0.3 is 17.9 Å². The quantitative estimate of drug-likeness (QED) is 0.0343. The van der Waals surface area contributed by atoms with Crippen LogP contribution in [-0.4, -0.2) is 37.2 Å². The fraction of sp³-hybridized carbons (Fsp3) is 0.960. The first kappa shape index (κ1) is 79.4. The highest BCUT2D eigenvalue weighted by Crippen LogP contribution is 2.20. The van der Waals surface area contributed by atoms with Gasteiger partial charge in [0.2, 0.25) is 0 Å². The van der Waals surface area contributed by atoms with Crippen LogP contribution < -0.4 is 0 Å². The van der Waals surface area contributed by atoms with E-state index in [1.807, 2.05) is 0 Å². The molecule has 0 heterocycles. The number of hydrogen-bond acceptors (Lipinski definition) is 6. The van der Waals surface area contributed by atoms with Crippen molar-refractivity contribution in [1.29, 1.82) is 0 Å². The predicted octanol–water partition coefficient (Wildman–Crippen LogP) is 25.8. The highest BCUT2D eigenvalue weighted by atomic mass is 16.6. The zero-order valence-corrected chi connectivity index (χ0v) is 55.6. The first-order chi connectivity index (χ1) is 40.0. The first-order valence-electron chi connectivity index (χ1n) is 37.5. The van der Waals surface area contributed by atoms with Gasteiger partial charge < -0.3 is 14.2 Å². The Morgan fingerprint density at radius 3 is 0.494 bits per heavy atom. The molecule has 0 amide bonds. The van der Waals surface area contributed by atoms with E-state index in [1.54, 1.807) is 0 Å². The van der Waals surface area contributed by atoms with E-state index in [0.29, 0.717) is 19.3 Å². The Morgan fingerprint density at radius 2 is 0.333 bits per heavy atom. The molecule has 0 radical (unpaired) electrons. The van der Waals surface area contributed by atoms with E-state index in [1.165, 1.54) is 347 Å². The SMILES string of the molecule is CCCCCCCCCCCCCCCCCCCCCCCCCCCCCCCCCCCCC(=O)OCC(COC(=O)CCCCCCCCCCC)OC(=O)CCCCCCCCCCCCCCCCCCCCCC. The Balaban J connectivity index is 3.97. The molecule has 0 saturated carbocycles. The summed E-state index contributed by atoms with van der Waals surface area (Å²) in [5, 5.41) is 0. The summed E-state index contributed by atoms with van der Waals surface area (Å²) in [4.78, 5) is 38.3. The Kier molecular flexibility index (Phi) is 69.5. The van der Waals surface area contributed by atoms with Gasteiger partial charge in [-0.1, -0.05) is 406 Å². The van der Waals surface area contributed by atoms with Crippen LogP contribution in [0.25, 0.3) is 0 Å². The molecule has 6 nitrogen and oxygen atoms in total. The van der Waals surface area contributed by atoms with Crippen molar-refractivity contribution >= 4 is 17.9 Å². The summed E-state index contributed by atoms with van der Waals surface area (Å²) in [5.41, 5.74) is 0. The molecule has 0 fully saturated rings. The summed E-state index contributed by atoms with van der Waals surface area (Å²) < 4.78 is 17.0. The fourth-order valence-electron chi connectivity index (χ4n) is 12.0. The van der Waals surface area contributed by atoms with Crippen LogP contribution in [0.15, 0.2) is 0 Å². The maximum atomic E-state index is 12.9. The molecule has 482 valence electrons. The number of carbonyl (C=O) groups excluding carboxylic acids is 3. The summed E-state index contributed by atoms with van der Waals surface area (Å²) in [7, 11) is 0. The molecule has 0 saturated heterocycles. The van der Waals surface area contributed by atoms with Crippen molar-refractivity contribution in [1.82, 2.24) is 0 Å². The van der Waals surface area contributed by atoms with E-state index in [2.05, 4.69) is 20.8 Å². The van der Waals surface area contributed by atoms with Crippen LogP contribution >= 0.6 is 0 Å². The third-order valence-corrected chi connectivity index (χ3v) is 17.6. The van der Waals surface area contributed by atoms with Crippen molar-refractivity contribution in [2.45, 2.75) is 451 Å². The van der Waals surface area contributed by atoms with E-state index < -0.39 is 6.10 Å². The van der Waals surface area contributed by atoms with E-state index in [-0.39, 0.29) is 31.1 Å². The summed E-state index contributed by atoms with van der Waals surface area (Å²) in [5.74, 6) is -0.826. The molecule has 81 heavy (non-hydrogen) atoms. The lowest BCUT2D eigenvalue weighted by atomic mass is 10.0. The standard InChI is InChI=1S/C75H146O6/c1-4-7-10-13-16-19-21-23-25-27-29-31-32-33-34-35-36-37-38-39-40-41-42-43-44-46-47-49-51-53-56-59-62-65-68-74(77)80-71-72(70-79-73(76)67-64-61-58-55-18-15-12-9-6-3)81-75(78)69-66-63-60-57-54-52-50-48-45-30-28-26-24-22-20-17-14-11-8-5-2/h72H,4-71H2,1-3H3. The lowest BCUT2D eigenvalue weighted by Gasteiger charge is -2.18. The number of esters is 3. The minimum atomic E-state index is -0.762. The van der Waals surface area contributed by atoms with Crippen molar-refractivity contribution in [2.24, 2.45) is 0 Å². The van der Waals surface area contributed by atoms with E-state index in [4.69, 9.17) is 14.2 Å². The number of hydrogen-bond donors (Lipinski definition) is 0. The van der Waals surface area contributed by atoms with Crippen molar-refractivity contribution in [3.63, 3.8) is 0 Å². The molecular formula is C75H146O6. The summed E-state index contributed by atoms with van der Waals surface area (Å²) >= 11 is 0. The Morgan fingerprint density at radius 1 is 0.198 bits per heavy atom. The Labute approximate surface area is 508 Å². The number of unbranched alkanes of at least 4 members (excludes halogenated alkanes) is 60. The minimum absolute atomic E-state index is 0.0607. The van der Waals surface area contributed by atoms with Crippen LogP contribution in [0, 0.1) is 0 Å². The normalized spacial score (nSPS) is 11.9. The van der Waals surface area contributed by atoms with E-state index in [0.717, 1.165) is 57.8 Å². The van der Waals surface area contributed by atoms with E-state index in [9.17, 15) is 14.4 Å². The Bertz CT molecular complexity index is 1220. The lowest BCUT2D eigenvalue weighted by molar-refractivity contribution is -0.167. The van der Waals surface area contributed by atoms with Crippen molar-refractivity contribution in [2.75, 3.05) is 13.2 Å². The molecular weight excluding hydrogens is 997 g/mol. The van der Waals surface area contributed by atoms with Crippen LogP contribution in [0.3, 0.4) is 0 Å². The van der Waals surface area contributed by atoms with Gasteiger partial charge in [-0.15, -0.1) is 0 Å². The highest BCUT2D eigenvalue weighted by molar-refractivity contribution is 5.71. The van der Waals surface area contributed by atoms with Gasteiger partial charge in [-0.25, -0.2) is 0 Å². The molecule has 0 spiro atoms. The minimum Gasteiger partial charge on any atom is -0.462 e. The van der Waals surface area contributed by atoms with Crippen molar-refractivity contribution < 1.29 is 28.6 Å². The molecule has 0 N–H and O–H groups in total. The third-order valence-electron chi connectivity index (χ3n) is 17.6.